The van der Waals surface area contributed by atoms with E-state index in [0.29, 0.717) is 17.1 Å². The molecule has 1 heterocycles. The number of rotatable bonds is 4. The van der Waals surface area contributed by atoms with Crippen LogP contribution in [0.25, 0.3) is 0 Å². The molecule has 0 aromatic carbocycles. The standard InChI is InChI=1S/C9H15ClFN3/c1-3-4-9(11,6-12)8-7(10)5-13-14(8)2/h5H,3-4,6,12H2,1-2H3. The Morgan fingerprint density at radius 1 is 1.71 bits per heavy atom. The van der Waals surface area contributed by atoms with Gasteiger partial charge in [0.05, 0.1) is 16.9 Å². The summed E-state index contributed by atoms with van der Waals surface area (Å²) in [5, 5.41) is 4.24. The molecule has 0 saturated heterocycles. The number of halogens is 2. The van der Waals surface area contributed by atoms with E-state index in [1.54, 1.807) is 7.05 Å². The summed E-state index contributed by atoms with van der Waals surface area (Å²) < 4.78 is 15.8. The van der Waals surface area contributed by atoms with Gasteiger partial charge < -0.3 is 5.73 Å². The highest BCUT2D eigenvalue weighted by molar-refractivity contribution is 6.31. The lowest BCUT2D eigenvalue weighted by atomic mass is 9.96. The molecule has 3 nitrogen and oxygen atoms in total. The zero-order valence-corrected chi connectivity index (χ0v) is 9.18. The van der Waals surface area contributed by atoms with Crippen LogP contribution in [0.2, 0.25) is 5.02 Å². The van der Waals surface area contributed by atoms with Gasteiger partial charge in [0.25, 0.3) is 0 Å². The number of aromatic nitrogens is 2. The molecular weight excluding hydrogens is 205 g/mol. The van der Waals surface area contributed by atoms with Gasteiger partial charge in [-0.15, -0.1) is 0 Å². The zero-order chi connectivity index (χ0) is 10.8. The molecule has 0 saturated carbocycles. The van der Waals surface area contributed by atoms with Crippen LogP contribution in [-0.4, -0.2) is 16.3 Å². The molecule has 1 unspecified atom stereocenters. The van der Waals surface area contributed by atoms with Crippen molar-refractivity contribution in [2.75, 3.05) is 6.54 Å². The minimum Gasteiger partial charge on any atom is -0.327 e. The summed E-state index contributed by atoms with van der Waals surface area (Å²) >= 11 is 5.87. The Morgan fingerprint density at radius 2 is 2.36 bits per heavy atom. The van der Waals surface area contributed by atoms with Crippen LogP contribution in [0.4, 0.5) is 4.39 Å². The summed E-state index contributed by atoms with van der Waals surface area (Å²) in [5.74, 6) is 0. The van der Waals surface area contributed by atoms with Crippen LogP contribution < -0.4 is 5.73 Å². The van der Waals surface area contributed by atoms with Crippen LogP contribution in [0.3, 0.4) is 0 Å². The summed E-state index contributed by atoms with van der Waals surface area (Å²) in [6, 6.07) is 0. The van der Waals surface area contributed by atoms with Crippen molar-refractivity contribution in [2.24, 2.45) is 12.8 Å². The first-order valence-corrected chi connectivity index (χ1v) is 5.00. The topological polar surface area (TPSA) is 43.8 Å². The van der Waals surface area contributed by atoms with Crippen molar-refractivity contribution in [3.8, 4) is 0 Å². The largest absolute Gasteiger partial charge is 0.327 e. The van der Waals surface area contributed by atoms with Crippen LogP contribution in [-0.2, 0) is 12.7 Å². The molecule has 1 aromatic heterocycles. The van der Waals surface area contributed by atoms with Crippen LogP contribution in [0, 0.1) is 0 Å². The van der Waals surface area contributed by atoms with E-state index in [4.69, 9.17) is 17.3 Å². The van der Waals surface area contributed by atoms with Crippen molar-refractivity contribution in [3.63, 3.8) is 0 Å². The Labute approximate surface area is 88.0 Å². The summed E-state index contributed by atoms with van der Waals surface area (Å²) in [5.41, 5.74) is 4.27. The minimum atomic E-state index is -1.56. The molecule has 0 fully saturated rings. The Kier molecular flexibility index (Phi) is 3.50. The van der Waals surface area contributed by atoms with Gasteiger partial charge in [-0.1, -0.05) is 24.9 Å². The lowest BCUT2D eigenvalue weighted by Crippen LogP contribution is -2.32. The molecule has 0 radical (unpaired) electrons. The number of alkyl halides is 1. The number of nitrogens with zero attached hydrogens (tertiary/aromatic N) is 2. The first-order chi connectivity index (χ1) is 6.55. The fraction of sp³-hybridized carbons (Fsp3) is 0.667. The normalized spacial score (nSPS) is 15.5. The van der Waals surface area contributed by atoms with Crippen molar-refractivity contribution in [1.29, 1.82) is 0 Å². The van der Waals surface area contributed by atoms with Crippen molar-refractivity contribution >= 4 is 11.6 Å². The highest BCUT2D eigenvalue weighted by Crippen LogP contribution is 2.34. The molecule has 0 aliphatic carbocycles. The van der Waals surface area contributed by atoms with Gasteiger partial charge in [-0.25, -0.2) is 4.39 Å². The first-order valence-electron chi connectivity index (χ1n) is 4.62. The van der Waals surface area contributed by atoms with E-state index in [-0.39, 0.29) is 6.54 Å². The monoisotopic (exact) mass is 219 g/mol. The maximum absolute atomic E-state index is 14.3. The first kappa shape index (κ1) is 11.5. The predicted molar refractivity (Wildman–Crippen MR) is 55.0 cm³/mol. The average Bonchev–Trinajstić information content (AvgIpc) is 2.47. The van der Waals surface area contributed by atoms with Gasteiger partial charge in [0.15, 0.2) is 5.67 Å². The highest BCUT2D eigenvalue weighted by Gasteiger charge is 2.34. The molecule has 0 aliphatic rings. The molecule has 80 valence electrons. The Bertz CT molecular complexity index is 294. The number of hydrogen-bond donors (Lipinski definition) is 1. The SMILES string of the molecule is CCCC(F)(CN)c1c(Cl)cnn1C. The van der Waals surface area contributed by atoms with Crippen molar-refractivity contribution in [1.82, 2.24) is 9.78 Å². The second-order valence-corrected chi connectivity index (χ2v) is 3.79. The van der Waals surface area contributed by atoms with Gasteiger partial charge in [-0.2, -0.15) is 5.10 Å². The maximum Gasteiger partial charge on any atom is 0.165 e. The van der Waals surface area contributed by atoms with E-state index < -0.39 is 5.67 Å². The van der Waals surface area contributed by atoms with Crippen molar-refractivity contribution in [3.05, 3.63) is 16.9 Å². The van der Waals surface area contributed by atoms with Gasteiger partial charge in [0, 0.05) is 13.6 Å². The second-order valence-electron chi connectivity index (χ2n) is 3.38. The zero-order valence-electron chi connectivity index (χ0n) is 8.43. The quantitative estimate of drug-likeness (QED) is 0.842. The third-order valence-corrected chi connectivity index (χ3v) is 2.56. The van der Waals surface area contributed by atoms with Gasteiger partial charge in [-0.3, -0.25) is 4.68 Å². The van der Waals surface area contributed by atoms with Crippen LogP contribution >= 0.6 is 11.6 Å². The molecular formula is C9H15ClFN3. The van der Waals surface area contributed by atoms with E-state index in [2.05, 4.69) is 5.10 Å². The molecule has 2 N–H and O–H groups in total. The number of nitrogens with two attached hydrogens (primary N) is 1. The third-order valence-electron chi connectivity index (χ3n) is 2.29. The average molecular weight is 220 g/mol. The van der Waals surface area contributed by atoms with E-state index >= 15 is 0 Å². The molecule has 1 atom stereocenters. The van der Waals surface area contributed by atoms with Crippen LogP contribution in [0.15, 0.2) is 6.20 Å². The Hall–Kier alpha value is -0.610. The van der Waals surface area contributed by atoms with E-state index in [1.165, 1.54) is 10.9 Å². The summed E-state index contributed by atoms with van der Waals surface area (Å²) in [6.07, 6.45) is 2.52. The van der Waals surface area contributed by atoms with Crippen molar-refractivity contribution in [2.45, 2.75) is 25.4 Å². The lowest BCUT2D eigenvalue weighted by Gasteiger charge is -2.23. The fourth-order valence-electron chi connectivity index (χ4n) is 1.63. The molecule has 0 spiro atoms. The van der Waals surface area contributed by atoms with E-state index in [1.807, 2.05) is 6.92 Å². The van der Waals surface area contributed by atoms with Crippen LogP contribution in [0.1, 0.15) is 25.5 Å². The van der Waals surface area contributed by atoms with E-state index in [9.17, 15) is 4.39 Å². The molecule has 14 heavy (non-hydrogen) atoms. The van der Waals surface area contributed by atoms with Gasteiger partial charge >= 0.3 is 0 Å². The third kappa shape index (κ3) is 1.91. The number of hydrogen-bond acceptors (Lipinski definition) is 2. The minimum absolute atomic E-state index is 0.0694. The predicted octanol–water partition coefficient (Wildman–Crippen LogP) is 2.00. The van der Waals surface area contributed by atoms with Gasteiger partial charge in [0.2, 0.25) is 0 Å². The molecule has 1 rings (SSSR count). The molecule has 0 aliphatic heterocycles. The molecule has 5 heteroatoms. The molecule has 0 bridgehead atoms. The maximum atomic E-state index is 14.3. The molecule has 1 aromatic rings. The molecule has 0 amide bonds. The summed E-state index contributed by atoms with van der Waals surface area (Å²) in [7, 11) is 1.67. The van der Waals surface area contributed by atoms with E-state index in [0.717, 1.165) is 6.42 Å². The van der Waals surface area contributed by atoms with Crippen molar-refractivity contribution < 1.29 is 4.39 Å². The van der Waals surface area contributed by atoms with Gasteiger partial charge in [-0.05, 0) is 6.42 Å². The second kappa shape index (κ2) is 4.28. The lowest BCUT2D eigenvalue weighted by molar-refractivity contribution is 0.147. The highest BCUT2D eigenvalue weighted by atomic mass is 35.5. The smallest absolute Gasteiger partial charge is 0.165 e. The summed E-state index contributed by atoms with van der Waals surface area (Å²) in [6.45, 7) is 1.84. The Balaban J connectivity index is 3.11. The van der Waals surface area contributed by atoms with Gasteiger partial charge in [0.1, 0.15) is 0 Å². The number of aryl methyl sites for hydroxylation is 1. The summed E-state index contributed by atoms with van der Waals surface area (Å²) in [4.78, 5) is 0. The Morgan fingerprint density at radius 3 is 2.71 bits per heavy atom. The van der Waals surface area contributed by atoms with Crippen LogP contribution in [0.5, 0.6) is 0 Å². The fourth-order valence-corrected chi connectivity index (χ4v) is 1.96.